The van der Waals surface area contributed by atoms with Gasteiger partial charge < -0.3 is 29.4 Å². The molecule has 3 aromatic carbocycles. The van der Waals surface area contributed by atoms with E-state index >= 15 is 0 Å². The molecule has 4 aromatic rings. The summed E-state index contributed by atoms with van der Waals surface area (Å²) in [6, 6.07) is 24.3. The van der Waals surface area contributed by atoms with Crippen LogP contribution >= 0.6 is 0 Å². The molecule has 1 saturated heterocycles. The number of amides is 1. The number of anilines is 1. The number of carbonyl (C=O) groups excluding carboxylic acids is 4. The summed E-state index contributed by atoms with van der Waals surface area (Å²) >= 11 is 0. The lowest BCUT2D eigenvalue weighted by atomic mass is 9.95. The maximum Gasteiger partial charge on any atom is 0.306 e. The van der Waals surface area contributed by atoms with Gasteiger partial charge in [-0.3, -0.25) is 19.2 Å². The van der Waals surface area contributed by atoms with Crippen LogP contribution in [0.1, 0.15) is 248 Å². The van der Waals surface area contributed by atoms with Crippen molar-refractivity contribution in [3.63, 3.8) is 0 Å². The Morgan fingerprint density at radius 1 is 0.553 bits per heavy atom. The highest BCUT2D eigenvalue weighted by Crippen LogP contribution is 2.33. The van der Waals surface area contributed by atoms with E-state index in [9.17, 15) is 19.2 Å². The number of rotatable bonds is 42. The summed E-state index contributed by atoms with van der Waals surface area (Å²) in [6.45, 7) is 6.20. The maximum atomic E-state index is 14.0. The summed E-state index contributed by atoms with van der Waals surface area (Å²) in [5.41, 5.74) is 6.00. The second-order valence-corrected chi connectivity index (χ2v) is 21.9. The van der Waals surface area contributed by atoms with Gasteiger partial charge in [-0.1, -0.05) is 223 Å². The molecule has 1 fully saturated rings. The van der Waals surface area contributed by atoms with Crippen LogP contribution in [0.2, 0.25) is 0 Å². The van der Waals surface area contributed by atoms with Gasteiger partial charge in [0.1, 0.15) is 13.2 Å². The number of H-pyrrole nitrogens is 1. The first kappa shape index (κ1) is 61.7. The molecule has 2 N–H and O–H groups in total. The van der Waals surface area contributed by atoms with E-state index in [0.29, 0.717) is 19.3 Å². The molecule has 1 unspecified atom stereocenters. The molecule has 0 radical (unpaired) electrons. The predicted octanol–water partition coefficient (Wildman–Crippen LogP) is 16.5. The third-order valence-electron chi connectivity index (χ3n) is 15.3. The minimum Gasteiger partial charge on any atom is -0.462 e. The second-order valence-electron chi connectivity index (χ2n) is 21.9. The molecule has 2 heterocycles. The molecular weight excluding hydrogens is 947 g/mol. The molecule has 0 spiro atoms. The van der Waals surface area contributed by atoms with Crippen LogP contribution in [0.5, 0.6) is 0 Å². The van der Waals surface area contributed by atoms with Gasteiger partial charge in [0.25, 0.3) is 0 Å². The second kappa shape index (κ2) is 38.4. The van der Waals surface area contributed by atoms with E-state index in [1.54, 1.807) is 0 Å². The SMILES string of the molecule is CCCCCCCCCCCCCCCC(=O)OCC(COC(=O)CCCCCCCCCCCCCCC)OC(=O)CCc1c[nH]c2ccc(CC(=O)NC(c3ccccc3)c3ccccc3N3CCCCC3)cc12. The number of benzene rings is 3. The number of unbranched alkanes of at least 4 members (excludes halogenated alkanes) is 24. The number of nitrogens with one attached hydrogen (secondary N) is 2. The Morgan fingerprint density at radius 2 is 1.05 bits per heavy atom. The highest BCUT2D eigenvalue weighted by atomic mass is 16.6. The number of aromatic amines is 1. The van der Waals surface area contributed by atoms with Crippen LogP contribution in [-0.2, 0) is 46.2 Å². The number of para-hydroxylation sites is 1. The number of esters is 3. The molecule has 10 nitrogen and oxygen atoms in total. The number of aromatic nitrogens is 1. The molecule has 0 bridgehead atoms. The smallest absolute Gasteiger partial charge is 0.306 e. The Balaban J connectivity index is 1.09. The predicted molar refractivity (Wildman–Crippen MR) is 312 cm³/mol. The van der Waals surface area contributed by atoms with Gasteiger partial charge in [0.15, 0.2) is 6.10 Å². The topological polar surface area (TPSA) is 127 Å². The molecule has 5 rings (SSSR count). The minimum absolute atomic E-state index is 0.0726. The number of ether oxygens (including phenoxy) is 3. The number of hydrogen-bond acceptors (Lipinski definition) is 8. The summed E-state index contributed by atoms with van der Waals surface area (Å²) in [7, 11) is 0. The van der Waals surface area contributed by atoms with Crippen molar-refractivity contribution in [2.24, 2.45) is 0 Å². The Hall–Kier alpha value is -5.12. The van der Waals surface area contributed by atoms with Gasteiger partial charge >= 0.3 is 17.9 Å². The van der Waals surface area contributed by atoms with E-state index < -0.39 is 12.1 Å². The third kappa shape index (κ3) is 24.9. The molecular formula is C66H99N3O7. The van der Waals surface area contributed by atoms with E-state index in [1.165, 1.54) is 141 Å². The zero-order valence-corrected chi connectivity index (χ0v) is 47.3. The fraction of sp³-hybridized carbons (Fsp3) is 0.636. The van der Waals surface area contributed by atoms with Crippen molar-refractivity contribution in [3.8, 4) is 0 Å². The lowest BCUT2D eigenvalue weighted by Crippen LogP contribution is -2.34. The van der Waals surface area contributed by atoms with E-state index in [2.05, 4.69) is 65.4 Å². The zero-order chi connectivity index (χ0) is 53.7. The van der Waals surface area contributed by atoms with Crippen LogP contribution in [0, 0.1) is 0 Å². The lowest BCUT2D eigenvalue weighted by Gasteiger charge is -2.33. The molecule has 420 valence electrons. The third-order valence-corrected chi connectivity index (χ3v) is 15.3. The Kier molecular flexibility index (Phi) is 31.2. The van der Waals surface area contributed by atoms with Crippen molar-refractivity contribution in [1.29, 1.82) is 0 Å². The molecule has 10 heteroatoms. The fourth-order valence-electron chi connectivity index (χ4n) is 10.8. The lowest BCUT2D eigenvalue weighted by molar-refractivity contribution is -0.166. The van der Waals surface area contributed by atoms with Crippen molar-refractivity contribution in [3.05, 3.63) is 101 Å². The summed E-state index contributed by atoms with van der Waals surface area (Å²) in [4.78, 5) is 59.0. The zero-order valence-electron chi connectivity index (χ0n) is 47.3. The molecule has 0 aliphatic carbocycles. The van der Waals surface area contributed by atoms with Gasteiger partial charge in [0.2, 0.25) is 5.91 Å². The van der Waals surface area contributed by atoms with Crippen molar-refractivity contribution in [1.82, 2.24) is 10.3 Å². The molecule has 1 aliphatic heterocycles. The molecule has 1 aromatic heterocycles. The first-order chi connectivity index (χ1) is 37.3. The standard InChI is InChI=1S/C66H99N3O7/c1-3-5-7-9-11-13-15-17-19-21-23-25-31-41-63(71)74-52-57(53-75-64(72)42-32-26-24-22-20-18-16-14-12-10-8-6-4-2)76-65(73)46-44-56-51-67-60-45-43-54(49-59(56)60)50-62(70)68-66(55-37-29-27-30-38-55)58-39-33-34-40-61(58)69-47-35-28-36-48-69/h27,29-30,33-34,37-40,43,45,49,51,57,66-67H,3-26,28,31-32,35-36,41-42,44,46-48,50,52-53H2,1-2H3,(H,68,70). The van der Waals surface area contributed by atoms with Crippen LogP contribution in [0.4, 0.5) is 5.69 Å². The normalized spacial score (nSPS) is 13.0. The molecule has 76 heavy (non-hydrogen) atoms. The highest BCUT2D eigenvalue weighted by Gasteiger charge is 2.24. The van der Waals surface area contributed by atoms with Crippen molar-refractivity contribution in [2.45, 2.75) is 244 Å². The largest absolute Gasteiger partial charge is 0.462 e. The summed E-state index contributed by atoms with van der Waals surface area (Å²) in [5.74, 6) is -1.21. The Morgan fingerprint density at radius 3 is 1.59 bits per heavy atom. The van der Waals surface area contributed by atoms with Gasteiger partial charge in [-0.2, -0.15) is 0 Å². The highest BCUT2D eigenvalue weighted by molar-refractivity contribution is 5.87. The fourth-order valence-corrected chi connectivity index (χ4v) is 10.8. The Bertz CT molecular complexity index is 2150. The average molecular weight is 1050 g/mol. The van der Waals surface area contributed by atoms with Crippen molar-refractivity contribution in [2.75, 3.05) is 31.2 Å². The number of nitrogens with zero attached hydrogens (tertiary/aromatic N) is 1. The van der Waals surface area contributed by atoms with E-state index in [-0.39, 0.29) is 49.9 Å². The number of hydrogen-bond donors (Lipinski definition) is 2. The van der Waals surface area contributed by atoms with Crippen molar-refractivity contribution >= 4 is 40.4 Å². The molecule has 1 aliphatic rings. The van der Waals surface area contributed by atoms with Crippen LogP contribution < -0.4 is 10.2 Å². The van der Waals surface area contributed by atoms with Gasteiger partial charge in [-0.05, 0) is 73.4 Å². The number of aryl methyl sites for hydroxylation is 1. The van der Waals surface area contributed by atoms with Crippen molar-refractivity contribution < 1.29 is 33.4 Å². The monoisotopic (exact) mass is 1050 g/mol. The average Bonchev–Trinajstić information content (AvgIpc) is 3.85. The Labute approximate surface area is 459 Å². The van der Waals surface area contributed by atoms with E-state index in [0.717, 1.165) is 97.6 Å². The quantitative estimate of drug-likeness (QED) is 0.0255. The van der Waals surface area contributed by atoms with Gasteiger partial charge in [-0.25, -0.2) is 0 Å². The first-order valence-electron chi connectivity index (χ1n) is 30.6. The van der Waals surface area contributed by atoms with E-state index in [1.807, 2.05) is 42.6 Å². The van der Waals surface area contributed by atoms with E-state index in [4.69, 9.17) is 14.2 Å². The van der Waals surface area contributed by atoms with Gasteiger partial charge in [0.05, 0.1) is 12.5 Å². The first-order valence-corrected chi connectivity index (χ1v) is 30.6. The maximum absolute atomic E-state index is 14.0. The molecule has 0 saturated carbocycles. The summed E-state index contributed by atoms with van der Waals surface area (Å²) < 4.78 is 17.2. The molecule has 1 amide bonds. The van der Waals surface area contributed by atoms with Crippen LogP contribution in [0.25, 0.3) is 10.9 Å². The number of carbonyl (C=O) groups is 4. The van der Waals surface area contributed by atoms with Crippen LogP contribution in [0.3, 0.4) is 0 Å². The summed E-state index contributed by atoms with van der Waals surface area (Å²) in [6.07, 6.45) is 37.7. The molecule has 1 atom stereocenters. The van der Waals surface area contributed by atoms with Gasteiger partial charge in [0, 0.05) is 60.7 Å². The summed E-state index contributed by atoms with van der Waals surface area (Å²) in [5, 5.41) is 4.33. The van der Waals surface area contributed by atoms with Crippen LogP contribution in [0.15, 0.2) is 79.0 Å². The number of piperidine rings is 1. The number of fused-ring (bicyclic) bond motifs is 1. The van der Waals surface area contributed by atoms with Crippen LogP contribution in [-0.4, -0.2) is 61.2 Å². The van der Waals surface area contributed by atoms with Gasteiger partial charge in [-0.15, -0.1) is 0 Å². The minimum atomic E-state index is -0.904.